The Morgan fingerprint density at radius 3 is 2.70 bits per heavy atom. The van der Waals surface area contributed by atoms with Crippen LogP contribution in [0.1, 0.15) is 10.4 Å². The summed E-state index contributed by atoms with van der Waals surface area (Å²) < 4.78 is 0.890. The number of amides is 2. The third-order valence-electron chi connectivity index (χ3n) is 3.04. The molecule has 2 amide bonds. The van der Waals surface area contributed by atoms with Gasteiger partial charge >= 0.3 is 0 Å². The van der Waals surface area contributed by atoms with E-state index in [0.29, 0.717) is 15.7 Å². The van der Waals surface area contributed by atoms with Crippen molar-refractivity contribution in [3.05, 3.63) is 59.1 Å². The molecule has 0 atom stereocenters. The molecule has 0 spiro atoms. The molecule has 0 aliphatic carbocycles. The fourth-order valence-corrected chi connectivity index (χ4v) is 3.13. The molecule has 0 bridgehead atoms. The summed E-state index contributed by atoms with van der Waals surface area (Å²) in [5.74, 6) is -0.628. The van der Waals surface area contributed by atoms with Crippen molar-refractivity contribution in [2.24, 2.45) is 0 Å². The van der Waals surface area contributed by atoms with Crippen molar-refractivity contribution in [1.82, 2.24) is 10.3 Å². The number of carbonyl (C=O) groups excluding carboxylic acids is 2. The lowest BCUT2D eigenvalue weighted by atomic mass is 10.2. The van der Waals surface area contributed by atoms with Gasteiger partial charge in [-0.2, -0.15) is 0 Å². The van der Waals surface area contributed by atoms with Crippen molar-refractivity contribution in [3.63, 3.8) is 0 Å². The summed E-state index contributed by atoms with van der Waals surface area (Å²) in [6, 6.07) is 14.1. The highest BCUT2D eigenvalue weighted by atomic mass is 35.5. The van der Waals surface area contributed by atoms with E-state index in [-0.39, 0.29) is 18.4 Å². The first-order chi connectivity index (χ1) is 11.1. The van der Waals surface area contributed by atoms with Crippen LogP contribution >= 0.6 is 22.9 Å². The van der Waals surface area contributed by atoms with Crippen molar-refractivity contribution >= 4 is 50.1 Å². The molecule has 0 radical (unpaired) electrons. The number of nitrogens with zero attached hydrogens (tertiary/aromatic N) is 1. The minimum atomic E-state index is -0.334. The molecule has 2 aromatic carbocycles. The second-order valence-electron chi connectivity index (χ2n) is 4.73. The van der Waals surface area contributed by atoms with Crippen LogP contribution in [0.5, 0.6) is 0 Å². The molecule has 7 heteroatoms. The molecule has 0 aliphatic heterocycles. The summed E-state index contributed by atoms with van der Waals surface area (Å²) in [5.41, 5.74) is 1.28. The van der Waals surface area contributed by atoms with Gasteiger partial charge in [0.2, 0.25) is 5.91 Å². The minimum absolute atomic E-state index is 0.121. The standard InChI is InChI=1S/C16H12ClN3O2S/c17-11-6-7-12-13(8-11)23-16(19-12)20-14(21)9-18-15(22)10-4-2-1-3-5-10/h1-8H,9H2,(H,18,22)(H,19,20,21). The number of carbonyl (C=O) groups is 2. The number of hydrogen-bond acceptors (Lipinski definition) is 4. The predicted molar refractivity (Wildman–Crippen MR) is 92.0 cm³/mol. The zero-order valence-corrected chi connectivity index (χ0v) is 13.4. The summed E-state index contributed by atoms with van der Waals surface area (Å²) in [7, 11) is 0. The molecular formula is C16H12ClN3O2S. The predicted octanol–water partition coefficient (Wildman–Crippen LogP) is 3.32. The summed E-state index contributed by atoms with van der Waals surface area (Å²) >= 11 is 7.25. The van der Waals surface area contributed by atoms with Gasteiger partial charge in [0.05, 0.1) is 16.8 Å². The van der Waals surface area contributed by atoms with E-state index in [9.17, 15) is 9.59 Å². The smallest absolute Gasteiger partial charge is 0.251 e. The maximum atomic E-state index is 11.9. The average molecular weight is 346 g/mol. The number of nitrogens with one attached hydrogen (secondary N) is 2. The second-order valence-corrected chi connectivity index (χ2v) is 6.20. The Morgan fingerprint density at radius 2 is 1.91 bits per heavy atom. The largest absolute Gasteiger partial charge is 0.343 e. The van der Waals surface area contributed by atoms with Gasteiger partial charge in [-0.25, -0.2) is 4.98 Å². The van der Waals surface area contributed by atoms with Gasteiger partial charge in [-0.1, -0.05) is 41.1 Å². The Bertz CT molecular complexity index is 864. The van der Waals surface area contributed by atoms with Crippen molar-refractivity contribution < 1.29 is 9.59 Å². The first-order valence-electron chi connectivity index (χ1n) is 6.81. The van der Waals surface area contributed by atoms with Crippen molar-refractivity contribution in [3.8, 4) is 0 Å². The SMILES string of the molecule is O=C(CNC(=O)c1ccccc1)Nc1nc2ccc(Cl)cc2s1. The van der Waals surface area contributed by atoms with Crippen LogP contribution in [-0.4, -0.2) is 23.3 Å². The molecule has 23 heavy (non-hydrogen) atoms. The molecule has 1 heterocycles. The number of rotatable bonds is 4. The van der Waals surface area contributed by atoms with Crippen LogP contribution in [0, 0.1) is 0 Å². The zero-order chi connectivity index (χ0) is 16.2. The van der Waals surface area contributed by atoms with E-state index < -0.39 is 0 Å². The number of anilines is 1. The van der Waals surface area contributed by atoms with E-state index in [4.69, 9.17) is 11.6 Å². The van der Waals surface area contributed by atoms with Gasteiger partial charge in [0.15, 0.2) is 5.13 Å². The number of hydrogen-bond donors (Lipinski definition) is 2. The van der Waals surface area contributed by atoms with Crippen LogP contribution in [0.4, 0.5) is 5.13 Å². The van der Waals surface area contributed by atoms with E-state index >= 15 is 0 Å². The lowest BCUT2D eigenvalue weighted by Crippen LogP contribution is -2.32. The van der Waals surface area contributed by atoms with Crippen molar-refractivity contribution in [1.29, 1.82) is 0 Å². The number of fused-ring (bicyclic) bond motifs is 1. The maximum absolute atomic E-state index is 11.9. The molecule has 3 aromatic rings. The fraction of sp³-hybridized carbons (Fsp3) is 0.0625. The summed E-state index contributed by atoms with van der Waals surface area (Å²) in [6.07, 6.45) is 0. The third-order valence-corrected chi connectivity index (χ3v) is 4.21. The molecule has 5 nitrogen and oxygen atoms in total. The van der Waals surface area contributed by atoms with Crippen LogP contribution in [0.2, 0.25) is 5.02 Å². The number of thiazole rings is 1. The van der Waals surface area contributed by atoms with Crippen molar-refractivity contribution in [2.75, 3.05) is 11.9 Å². The van der Waals surface area contributed by atoms with Crippen LogP contribution in [-0.2, 0) is 4.79 Å². The number of aromatic nitrogens is 1. The van der Waals surface area contributed by atoms with Gasteiger partial charge in [-0.3, -0.25) is 9.59 Å². The van der Waals surface area contributed by atoms with E-state index in [0.717, 1.165) is 10.2 Å². The highest BCUT2D eigenvalue weighted by Crippen LogP contribution is 2.28. The Kier molecular flexibility index (Phi) is 4.55. The van der Waals surface area contributed by atoms with Gasteiger partial charge in [0.1, 0.15) is 0 Å². The normalized spacial score (nSPS) is 10.5. The first kappa shape index (κ1) is 15.5. The molecule has 0 unspecified atom stereocenters. The maximum Gasteiger partial charge on any atom is 0.251 e. The highest BCUT2D eigenvalue weighted by molar-refractivity contribution is 7.22. The lowest BCUT2D eigenvalue weighted by molar-refractivity contribution is -0.115. The monoisotopic (exact) mass is 345 g/mol. The van der Waals surface area contributed by atoms with Crippen LogP contribution in [0.15, 0.2) is 48.5 Å². The van der Waals surface area contributed by atoms with E-state index in [1.54, 1.807) is 42.5 Å². The zero-order valence-electron chi connectivity index (χ0n) is 11.9. The van der Waals surface area contributed by atoms with E-state index in [1.807, 2.05) is 6.07 Å². The van der Waals surface area contributed by atoms with Crippen LogP contribution in [0.3, 0.4) is 0 Å². The molecule has 0 saturated carbocycles. The van der Waals surface area contributed by atoms with Gasteiger partial charge < -0.3 is 10.6 Å². The van der Waals surface area contributed by atoms with Gasteiger partial charge in [0.25, 0.3) is 5.91 Å². The Morgan fingerprint density at radius 1 is 1.13 bits per heavy atom. The fourth-order valence-electron chi connectivity index (χ4n) is 1.97. The Balaban J connectivity index is 1.59. The quantitative estimate of drug-likeness (QED) is 0.762. The van der Waals surface area contributed by atoms with E-state index in [2.05, 4.69) is 15.6 Å². The van der Waals surface area contributed by atoms with Crippen molar-refractivity contribution in [2.45, 2.75) is 0 Å². The summed E-state index contributed by atoms with van der Waals surface area (Å²) in [6.45, 7) is -0.121. The lowest BCUT2D eigenvalue weighted by Gasteiger charge is -2.04. The molecule has 0 fully saturated rings. The first-order valence-corrected chi connectivity index (χ1v) is 8.00. The van der Waals surface area contributed by atoms with Gasteiger partial charge in [-0.15, -0.1) is 0 Å². The van der Waals surface area contributed by atoms with Gasteiger partial charge in [0, 0.05) is 10.6 Å². The minimum Gasteiger partial charge on any atom is -0.343 e. The highest BCUT2D eigenvalue weighted by Gasteiger charge is 2.10. The topological polar surface area (TPSA) is 71.1 Å². The number of halogens is 1. The van der Waals surface area contributed by atoms with E-state index in [1.165, 1.54) is 11.3 Å². The second kappa shape index (κ2) is 6.76. The Labute approximate surface area is 141 Å². The molecule has 2 N–H and O–H groups in total. The number of benzene rings is 2. The van der Waals surface area contributed by atoms with Crippen LogP contribution < -0.4 is 10.6 Å². The Hall–Kier alpha value is -2.44. The molecule has 116 valence electrons. The molecule has 3 rings (SSSR count). The molecular weight excluding hydrogens is 334 g/mol. The average Bonchev–Trinajstić information content (AvgIpc) is 2.94. The molecule has 0 aliphatic rings. The molecule has 1 aromatic heterocycles. The van der Waals surface area contributed by atoms with Crippen LogP contribution in [0.25, 0.3) is 10.2 Å². The molecule has 0 saturated heterocycles. The third kappa shape index (κ3) is 3.85. The summed E-state index contributed by atoms with van der Waals surface area (Å²) in [4.78, 5) is 28.1. The summed E-state index contributed by atoms with van der Waals surface area (Å²) in [5, 5.41) is 6.33. The van der Waals surface area contributed by atoms with Gasteiger partial charge in [-0.05, 0) is 30.3 Å².